The summed E-state index contributed by atoms with van der Waals surface area (Å²) in [5.74, 6) is 0.764. The second-order valence-electron chi connectivity index (χ2n) is 7.91. The minimum Gasteiger partial charge on any atom is -0.340 e. The second-order valence-corrected chi connectivity index (χ2v) is 9.82. The molecule has 0 unspecified atom stereocenters. The van der Waals surface area contributed by atoms with E-state index in [4.69, 9.17) is 0 Å². The van der Waals surface area contributed by atoms with Crippen molar-refractivity contribution >= 4 is 15.9 Å². The zero-order valence-corrected chi connectivity index (χ0v) is 18.0. The van der Waals surface area contributed by atoms with E-state index in [1.165, 1.54) is 16.9 Å². The number of nitrogens with zero attached hydrogens (tertiary/aromatic N) is 5. The molecule has 30 heavy (non-hydrogen) atoms. The summed E-state index contributed by atoms with van der Waals surface area (Å²) in [7, 11) is -3.80. The van der Waals surface area contributed by atoms with Crippen molar-refractivity contribution in [3.8, 4) is 11.4 Å². The molecule has 1 amide bonds. The molecular formula is C21H27N5O3S. The zero-order valence-electron chi connectivity index (χ0n) is 17.2. The highest BCUT2D eigenvalue weighted by atomic mass is 32.2. The third kappa shape index (κ3) is 4.22. The lowest BCUT2D eigenvalue weighted by Gasteiger charge is -2.36. The number of aryl methyl sites for hydroxylation is 1. The molecule has 1 aliphatic heterocycles. The van der Waals surface area contributed by atoms with Gasteiger partial charge in [-0.15, -0.1) is 0 Å². The first-order valence-corrected chi connectivity index (χ1v) is 11.9. The number of amides is 1. The third-order valence-corrected chi connectivity index (χ3v) is 7.81. The normalized spacial score (nSPS) is 19.0. The molecule has 1 saturated carbocycles. The Hall–Kier alpha value is -2.39. The lowest BCUT2D eigenvalue weighted by atomic mass is 9.88. The quantitative estimate of drug-likeness (QED) is 0.740. The number of aromatic nitrogens is 3. The van der Waals surface area contributed by atoms with Gasteiger partial charge in [0.05, 0.1) is 11.9 Å². The van der Waals surface area contributed by atoms with E-state index in [2.05, 4.69) is 15.0 Å². The Morgan fingerprint density at radius 1 is 1.03 bits per heavy atom. The van der Waals surface area contributed by atoms with Crippen LogP contribution in [0, 0.1) is 12.8 Å². The largest absolute Gasteiger partial charge is 0.340 e. The van der Waals surface area contributed by atoms with Crippen LogP contribution in [-0.2, 0) is 14.8 Å². The Morgan fingerprint density at radius 2 is 1.77 bits per heavy atom. The summed E-state index contributed by atoms with van der Waals surface area (Å²) in [5, 5.41) is 0. The molecule has 0 N–H and O–H groups in total. The maximum Gasteiger partial charge on any atom is 0.246 e. The van der Waals surface area contributed by atoms with Gasteiger partial charge in [0.1, 0.15) is 16.4 Å². The van der Waals surface area contributed by atoms with E-state index >= 15 is 0 Å². The summed E-state index contributed by atoms with van der Waals surface area (Å²) in [5.41, 5.74) is 0.802. The topological polar surface area (TPSA) is 96.4 Å². The number of pyridine rings is 1. The van der Waals surface area contributed by atoms with Crippen molar-refractivity contribution < 1.29 is 13.2 Å². The highest BCUT2D eigenvalue weighted by Crippen LogP contribution is 2.28. The van der Waals surface area contributed by atoms with Crippen LogP contribution in [-0.4, -0.2) is 64.7 Å². The number of hydrogen-bond acceptors (Lipinski definition) is 6. The van der Waals surface area contributed by atoms with Crippen LogP contribution in [0.25, 0.3) is 11.4 Å². The fraction of sp³-hybridized carbons (Fsp3) is 0.524. The van der Waals surface area contributed by atoms with Crippen LogP contribution >= 0.6 is 0 Å². The van der Waals surface area contributed by atoms with Gasteiger partial charge in [-0.05, 0) is 31.9 Å². The van der Waals surface area contributed by atoms with Gasteiger partial charge < -0.3 is 4.90 Å². The molecule has 0 radical (unpaired) electrons. The lowest BCUT2D eigenvalue weighted by Crippen LogP contribution is -2.52. The standard InChI is InChI=1S/C21H27N5O3S/c1-16-23-15-19(20(24-16)18-9-5-6-10-22-18)30(28,29)26-13-11-25(12-14-26)21(27)17-7-3-2-4-8-17/h5-6,9-10,15,17H,2-4,7-8,11-14H2,1H3. The van der Waals surface area contributed by atoms with Gasteiger partial charge in [0.15, 0.2) is 0 Å². The van der Waals surface area contributed by atoms with Crippen molar-refractivity contribution in [3.63, 3.8) is 0 Å². The van der Waals surface area contributed by atoms with Crippen LogP contribution in [0.2, 0.25) is 0 Å². The van der Waals surface area contributed by atoms with Crippen LogP contribution in [0.4, 0.5) is 0 Å². The molecule has 0 aromatic carbocycles. The Labute approximate surface area is 177 Å². The molecule has 2 aliphatic rings. The van der Waals surface area contributed by atoms with Crippen LogP contribution < -0.4 is 0 Å². The lowest BCUT2D eigenvalue weighted by molar-refractivity contribution is -0.137. The van der Waals surface area contributed by atoms with E-state index in [0.717, 1.165) is 25.7 Å². The first kappa shape index (κ1) is 20.9. The molecule has 160 valence electrons. The Bertz CT molecular complexity index is 999. The number of carbonyl (C=O) groups is 1. The smallest absolute Gasteiger partial charge is 0.246 e. The SMILES string of the molecule is Cc1ncc(S(=O)(=O)N2CCN(C(=O)C3CCCCC3)CC2)c(-c2ccccn2)n1. The van der Waals surface area contributed by atoms with E-state index < -0.39 is 10.0 Å². The number of rotatable bonds is 4. The summed E-state index contributed by atoms with van der Waals surface area (Å²) < 4.78 is 28.2. The second kappa shape index (κ2) is 8.77. The molecule has 9 heteroatoms. The number of carbonyl (C=O) groups excluding carboxylic acids is 1. The Balaban J connectivity index is 1.52. The molecule has 1 aliphatic carbocycles. The maximum atomic E-state index is 13.4. The highest BCUT2D eigenvalue weighted by Gasteiger charge is 2.34. The average Bonchev–Trinajstić information content (AvgIpc) is 2.79. The molecule has 3 heterocycles. The van der Waals surface area contributed by atoms with Crippen LogP contribution in [0.5, 0.6) is 0 Å². The monoisotopic (exact) mass is 429 g/mol. The Morgan fingerprint density at radius 3 is 2.43 bits per heavy atom. The molecule has 2 fully saturated rings. The summed E-state index contributed by atoms with van der Waals surface area (Å²) in [6, 6.07) is 5.31. The molecule has 0 bridgehead atoms. The van der Waals surface area contributed by atoms with Gasteiger partial charge in [0.25, 0.3) is 0 Å². The van der Waals surface area contributed by atoms with Crippen LogP contribution in [0.1, 0.15) is 37.9 Å². The molecule has 0 spiro atoms. The fourth-order valence-corrected chi connectivity index (χ4v) is 5.73. The average molecular weight is 430 g/mol. The molecule has 0 atom stereocenters. The minimum absolute atomic E-state index is 0.0545. The van der Waals surface area contributed by atoms with Crippen molar-refractivity contribution in [2.75, 3.05) is 26.2 Å². The van der Waals surface area contributed by atoms with Crippen LogP contribution in [0.3, 0.4) is 0 Å². The summed E-state index contributed by atoms with van der Waals surface area (Å²) in [4.78, 5) is 27.4. The van der Waals surface area contributed by atoms with Gasteiger partial charge in [-0.2, -0.15) is 4.31 Å². The molecule has 8 nitrogen and oxygen atoms in total. The van der Waals surface area contributed by atoms with Gasteiger partial charge in [0, 0.05) is 38.3 Å². The molecule has 2 aromatic heterocycles. The molecule has 4 rings (SSSR count). The van der Waals surface area contributed by atoms with E-state index in [9.17, 15) is 13.2 Å². The van der Waals surface area contributed by atoms with Gasteiger partial charge in [-0.3, -0.25) is 9.78 Å². The molecule has 2 aromatic rings. The fourth-order valence-electron chi connectivity index (χ4n) is 4.23. The zero-order chi connectivity index (χ0) is 21.1. The van der Waals surface area contributed by atoms with Crippen molar-refractivity contribution in [1.29, 1.82) is 0 Å². The summed E-state index contributed by atoms with van der Waals surface area (Å²) >= 11 is 0. The van der Waals surface area contributed by atoms with Gasteiger partial charge >= 0.3 is 0 Å². The van der Waals surface area contributed by atoms with Gasteiger partial charge in [-0.25, -0.2) is 18.4 Å². The third-order valence-electron chi connectivity index (χ3n) is 5.91. The van der Waals surface area contributed by atoms with E-state index in [0.29, 0.717) is 30.3 Å². The number of sulfonamides is 1. The van der Waals surface area contributed by atoms with Crippen molar-refractivity contribution in [3.05, 3.63) is 36.4 Å². The van der Waals surface area contributed by atoms with Crippen molar-refractivity contribution in [2.45, 2.75) is 43.9 Å². The number of piperazine rings is 1. The van der Waals surface area contributed by atoms with Gasteiger partial charge in [-0.1, -0.05) is 25.3 Å². The minimum atomic E-state index is -3.80. The maximum absolute atomic E-state index is 13.4. The first-order valence-electron chi connectivity index (χ1n) is 10.5. The van der Waals surface area contributed by atoms with Crippen LogP contribution in [0.15, 0.2) is 35.5 Å². The summed E-state index contributed by atoms with van der Waals surface area (Å²) in [6.45, 7) is 3.10. The first-order chi connectivity index (χ1) is 14.5. The van der Waals surface area contributed by atoms with Gasteiger partial charge in [0.2, 0.25) is 15.9 Å². The predicted octanol–water partition coefficient (Wildman–Crippen LogP) is 2.26. The molecule has 1 saturated heterocycles. The predicted molar refractivity (Wildman–Crippen MR) is 112 cm³/mol. The number of hydrogen-bond donors (Lipinski definition) is 0. The Kier molecular flexibility index (Phi) is 6.10. The van der Waals surface area contributed by atoms with E-state index in [1.54, 1.807) is 31.3 Å². The summed E-state index contributed by atoms with van der Waals surface area (Å²) in [6.07, 6.45) is 8.28. The van der Waals surface area contributed by atoms with Crippen molar-refractivity contribution in [1.82, 2.24) is 24.2 Å². The van der Waals surface area contributed by atoms with E-state index in [1.807, 2.05) is 4.90 Å². The van der Waals surface area contributed by atoms with Crippen molar-refractivity contribution in [2.24, 2.45) is 5.92 Å². The van der Waals surface area contributed by atoms with E-state index in [-0.39, 0.29) is 29.8 Å². The molecular weight excluding hydrogens is 402 g/mol. The highest BCUT2D eigenvalue weighted by molar-refractivity contribution is 7.89.